The van der Waals surface area contributed by atoms with Gasteiger partial charge in [-0.15, -0.1) is 10.7 Å². The Morgan fingerprint density at radius 1 is 1.33 bits per heavy atom. The molecule has 0 spiro atoms. The van der Waals surface area contributed by atoms with E-state index in [-0.39, 0.29) is 17.5 Å². The van der Waals surface area contributed by atoms with Gasteiger partial charge in [-0.05, 0) is 19.1 Å². The van der Waals surface area contributed by atoms with Gasteiger partial charge in [-0.3, -0.25) is 14.4 Å². The highest BCUT2D eigenvalue weighted by Gasteiger charge is 2.23. The van der Waals surface area contributed by atoms with Crippen molar-refractivity contribution in [3.05, 3.63) is 40.2 Å². The van der Waals surface area contributed by atoms with Crippen molar-refractivity contribution in [3.8, 4) is 17.6 Å². The van der Waals surface area contributed by atoms with E-state index in [1.54, 1.807) is 19.1 Å². The van der Waals surface area contributed by atoms with Crippen molar-refractivity contribution in [2.75, 3.05) is 13.2 Å². The lowest BCUT2D eigenvalue weighted by Gasteiger charge is -2.13. The Balaban J connectivity index is 2.61. The number of aromatic hydroxyl groups is 1. The zero-order valence-corrected chi connectivity index (χ0v) is 12.7. The number of nitrogens with one attached hydrogen (secondary N) is 1. The number of rotatable bonds is 5. The highest BCUT2D eigenvalue weighted by Crippen LogP contribution is 2.25. The first-order chi connectivity index (χ1) is 11.5. The van der Waals surface area contributed by atoms with E-state index in [9.17, 15) is 19.5 Å². The van der Waals surface area contributed by atoms with Crippen LogP contribution in [0, 0.1) is 11.8 Å². The quantitative estimate of drug-likeness (QED) is 0.663. The summed E-state index contributed by atoms with van der Waals surface area (Å²) in [6.07, 6.45) is 0. The topological polar surface area (TPSA) is 118 Å². The minimum Gasteiger partial charge on any atom is -0.506 e. The van der Waals surface area contributed by atoms with Crippen LogP contribution in [0.3, 0.4) is 0 Å². The van der Waals surface area contributed by atoms with E-state index in [1.165, 1.54) is 12.1 Å². The lowest BCUT2D eigenvalue weighted by molar-refractivity contribution is -0.135. The normalized spacial score (nSPS) is 9.88. The van der Waals surface area contributed by atoms with Crippen LogP contribution in [0.4, 0.5) is 0 Å². The molecular formula is C16H14N2O6. The van der Waals surface area contributed by atoms with E-state index in [1.807, 2.05) is 5.32 Å². The molecule has 124 valence electrons. The van der Waals surface area contributed by atoms with Crippen LogP contribution in [0.5, 0.6) is 5.75 Å². The fourth-order valence-electron chi connectivity index (χ4n) is 2.04. The summed E-state index contributed by atoms with van der Waals surface area (Å²) in [6, 6.07) is 6.29. The van der Waals surface area contributed by atoms with Crippen molar-refractivity contribution in [2.24, 2.45) is 0 Å². The number of hydrogen-bond donors (Lipinski definition) is 3. The van der Waals surface area contributed by atoms with Gasteiger partial charge in [0.25, 0.3) is 11.5 Å². The summed E-state index contributed by atoms with van der Waals surface area (Å²) in [5.41, 5.74) is -1.25. The zero-order valence-electron chi connectivity index (χ0n) is 12.7. The number of amides is 1. The van der Waals surface area contributed by atoms with Crippen LogP contribution < -0.4 is 15.7 Å². The van der Waals surface area contributed by atoms with Crippen molar-refractivity contribution >= 4 is 22.8 Å². The second-order valence-corrected chi connectivity index (χ2v) is 4.62. The smallest absolute Gasteiger partial charge is 0.322 e. The first kappa shape index (κ1) is 16.9. The SMILES string of the molecule is CC#CCOn1c(=O)c(C(=O)NCC(=O)O)c(O)c2ccccc21. The third kappa shape index (κ3) is 3.30. The molecule has 8 heteroatoms. The molecule has 0 unspecified atom stereocenters. The number of carboxylic acid groups (broad SMARTS) is 1. The zero-order chi connectivity index (χ0) is 17.7. The first-order valence-corrected chi connectivity index (χ1v) is 6.87. The Morgan fingerprint density at radius 3 is 2.71 bits per heavy atom. The molecule has 1 amide bonds. The molecule has 0 saturated carbocycles. The van der Waals surface area contributed by atoms with Gasteiger partial charge in [0.15, 0.2) is 12.2 Å². The summed E-state index contributed by atoms with van der Waals surface area (Å²) in [4.78, 5) is 40.4. The summed E-state index contributed by atoms with van der Waals surface area (Å²) in [5, 5.41) is 21.1. The number of para-hydroxylation sites is 1. The third-order valence-corrected chi connectivity index (χ3v) is 3.08. The van der Waals surface area contributed by atoms with Crippen molar-refractivity contribution < 1.29 is 24.6 Å². The molecule has 1 heterocycles. The number of carbonyl (C=O) groups excluding carboxylic acids is 1. The van der Waals surface area contributed by atoms with Crippen LogP contribution >= 0.6 is 0 Å². The van der Waals surface area contributed by atoms with Gasteiger partial charge in [-0.2, -0.15) is 0 Å². The van der Waals surface area contributed by atoms with Crippen molar-refractivity contribution in [3.63, 3.8) is 0 Å². The van der Waals surface area contributed by atoms with Gasteiger partial charge in [0.05, 0.1) is 5.52 Å². The largest absolute Gasteiger partial charge is 0.506 e. The van der Waals surface area contributed by atoms with Gasteiger partial charge in [-0.1, -0.05) is 18.1 Å². The number of carboxylic acids is 1. The predicted molar refractivity (Wildman–Crippen MR) is 84.7 cm³/mol. The first-order valence-electron chi connectivity index (χ1n) is 6.87. The molecular weight excluding hydrogens is 316 g/mol. The number of benzene rings is 1. The average molecular weight is 330 g/mol. The second-order valence-electron chi connectivity index (χ2n) is 4.62. The van der Waals surface area contributed by atoms with E-state index in [0.717, 1.165) is 4.73 Å². The number of aliphatic carboxylic acids is 1. The van der Waals surface area contributed by atoms with Crippen LogP contribution in [0.15, 0.2) is 29.1 Å². The molecule has 1 aromatic carbocycles. The third-order valence-electron chi connectivity index (χ3n) is 3.08. The number of aromatic nitrogens is 1. The van der Waals surface area contributed by atoms with E-state index >= 15 is 0 Å². The molecule has 0 fully saturated rings. The highest BCUT2D eigenvalue weighted by molar-refractivity contribution is 6.02. The minimum absolute atomic E-state index is 0.0959. The predicted octanol–water partition coefficient (Wildman–Crippen LogP) is -0.0266. The number of nitrogens with zero attached hydrogens (tertiary/aromatic N) is 1. The van der Waals surface area contributed by atoms with Crippen LogP contribution in [-0.2, 0) is 4.79 Å². The number of carbonyl (C=O) groups is 2. The molecule has 0 saturated heterocycles. The molecule has 0 aliphatic rings. The van der Waals surface area contributed by atoms with Gasteiger partial charge in [-0.25, -0.2) is 0 Å². The van der Waals surface area contributed by atoms with Crippen LogP contribution in [-0.4, -0.2) is 40.0 Å². The van der Waals surface area contributed by atoms with Gasteiger partial charge in [0.1, 0.15) is 12.3 Å². The van der Waals surface area contributed by atoms with Gasteiger partial charge < -0.3 is 20.4 Å². The Labute approximate surface area is 136 Å². The average Bonchev–Trinajstić information content (AvgIpc) is 2.56. The monoisotopic (exact) mass is 330 g/mol. The molecule has 3 N–H and O–H groups in total. The molecule has 0 atom stereocenters. The fraction of sp³-hybridized carbons (Fsp3) is 0.188. The molecule has 8 nitrogen and oxygen atoms in total. The number of pyridine rings is 1. The number of fused-ring (bicyclic) bond motifs is 1. The summed E-state index contributed by atoms with van der Waals surface area (Å²) in [6.45, 7) is 0.819. The molecule has 2 aromatic rings. The summed E-state index contributed by atoms with van der Waals surface area (Å²) in [5.74, 6) is 2.39. The van der Waals surface area contributed by atoms with E-state index in [0.29, 0.717) is 0 Å². The lowest BCUT2D eigenvalue weighted by atomic mass is 10.1. The standard InChI is InChI=1S/C16H14N2O6/c1-2-3-8-24-18-11-7-5-4-6-10(11)14(21)13(16(18)23)15(22)17-9-12(19)20/h4-7,21H,8-9H2,1H3,(H,17,22)(H,19,20). The Morgan fingerprint density at radius 2 is 2.04 bits per heavy atom. The van der Waals surface area contributed by atoms with Crippen LogP contribution in [0.2, 0.25) is 0 Å². The Kier molecular flexibility index (Phi) is 5.06. The molecule has 1 aromatic heterocycles. The van der Waals surface area contributed by atoms with Gasteiger partial charge in [0, 0.05) is 5.39 Å². The maximum absolute atomic E-state index is 12.5. The van der Waals surface area contributed by atoms with E-state index < -0.39 is 35.3 Å². The maximum Gasteiger partial charge on any atom is 0.322 e. The molecule has 0 radical (unpaired) electrons. The Hall–Kier alpha value is -3.47. The fourth-order valence-corrected chi connectivity index (χ4v) is 2.04. The van der Waals surface area contributed by atoms with Crippen molar-refractivity contribution in [1.29, 1.82) is 0 Å². The van der Waals surface area contributed by atoms with Crippen LogP contribution in [0.1, 0.15) is 17.3 Å². The Bertz CT molecular complexity index is 920. The van der Waals surface area contributed by atoms with E-state index in [2.05, 4.69) is 11.8 Å². The minimum atomic E-state index is -1.28. The van der Waals surface area contributed by atoms with Crippen molar-refractivity contribution in [1.82, 2.24) is 10.0 Å². The van der Waals surface area contributed by atoms with Crippen LogP contribution in [0.25, 0.3) is 10.9 Å². The highest BCUT2D eigenvalue weighted by atomic mass is 16.7. The van der Waals surface area contributed by atoms with E-state index in [4.69, 9.17) is 9.94 Å². The van der Waals surface area contributed by atoms with Crippen molar-refractivity contribution in [2.45, 2.75) is 6.92 Å². The lowest BCUT2D eigenvalue weighted by Crippen LogP contribution is -2.37. The molecule has 0 aliphatic heterocycles. The summed E-state index contributed by atoms with van der Waals surface area (Å²) in [7, 11) is 0. The second kappa shape index (κ2) is 7.19. The van der Waals surface area contributed by atoms with Gasteiger partial charge in [0.2, 0.25) is 0 Å². The number of hydrogen-bond acceptors (Lipinski definition) is 5. The molecule has 2 rings (SSSR count). The van der Waals surface area contributed by atoms with Gasteiger partial charge >= 0.3 is 5.97 Å². The molecule has 0 bridgehead atoms. The molecule has 0 aliphatic carbocycles. The molecule has 24 heavy (non-hydrogen) atoms. The maximum atomic E-state index is 12.5. The summed E-state index contributed by atoms with van der Waals surface area (Å²) < 4.78 is 0.856. The summed E-state index contributed by atoms with van der Waals surface area (Å²) >= 11 is 0.